The number of aliphatic hydroxyl groups is 1. The average Bonchev–Trinajstić information content (AvgIpc) is 3.23. The maximum atomic E-state index is 12.6. The molecule has 7 nitrogen and oxygen atoms in total. The summed E-state index contributed by atoms with van der Waals surface area (Å²) in [6.45, 7) is 3.80. The Kier molecular flexibility index (Phi) is 6.92. The highest BCUT2D eigenvalue weighted by Gasteiger charge is 2.29. The van der Waals surface area contributed by atoms with Crippen LogP contribution in [0.25, 0.3) is 0 Å². The van der Waals surface area contributed by atoms with E-state index in [4.69, 9.17) is 0 Å². The Morgan fingerprint density at radius 2 is 1.67 bits per heavy atom. The number of likely N-dealkylation sites (tertiary alicyclic amines) is 2. The highest BCUT2D eigenvalue weighted by atomic mass is 16.3. The van der Waals surface area contributed by atoms with Crippen LogP contribution in [0.5, 0.6) is 0 Å². The van der Waals surface area contributed by atoms with E-state index in [9.17, 15) is 14.7 Å². The van der Waals surface area contributed by atoms with Crippen molar-refractivity contribution in [3.8, 4) is 0 Å². The van der Waals surface area contributed by atoms with Crippen molar-refractivity contribution >= 4 is 12.1 Å². The molecule has 2 aliphatic heterocycles. The third-order valence-corrected chi connectivity index (χ3v) is 5.34. The molecule has 0 spiro atoms. The zero-order valence-corrected chi connectivity index (χ0v) is 15.8. The first-order chi connectivity index (χ1) is 13.2. The Labute approximate surface area is 160 Å². The predicted octanol–water partition coefficient (Wildman–Crippen LogP) is 1.87. The van der Waals surface area contributed by atoms with Gasteiger partial charge in [0.25, 0.3) is 0 Å². The molecule has 2 saturated heterocycles. The molecule has 2 fully saturated rings. The molecule has 0 radical (unpaired) electrons. The third-order valence-electron chi connectivity index (χ3n) is 5.34. The molecule has 2 heterocycles. The van der Waals surface area contributed by atoms with Gasteiger partial charge in [-0.25, -0.2) is 9.59 Å². The molecule has 3 rings (SSSR count). The van der Waals surface area contributed by atoms with Gasteiger partial charge in [-0.05, 0) is 31.2 Å². The van der Waals surface area contributed by atoms with E-state index in [1.54, 1.807) is 4.90 Å². The van der Waals surface area contributed by atoms with Gasteiger partial charge in [-0.15, -0.1) is 0 Å². The summed E-state index contributed by atoms with van der Waals surface area (Å²) in [5.41, 5.74) is 1.03. The number of aliphatic hydroxyl groups excluding tert-OH is 1. The molecule has 1 aromatic carbocycles. The monoisotopic (exact) mass is 374 g/mol. The molecule has 0 saturated carbocycles. The first-order valence-electron chi connectivity index (χ1n) is 9.91. The summed E-state index contributed by atoms with van der Waals surface area (Å²) in [5, 5.41) is 12.4. The number of nitrogens with one attached hydrogen (secondary N) is 1. The van der Waals surface area contributed by atoms with Crippen molar-refractivity contribution in [3.63, 3.8) is 0 Å². The zero-order chi connectivity index (χ0) is 19.1. The van der Waals surface area contributed by atoms with Crippen LogP contribution in [0.1, 0.15) is 31.2 Å². The van der Waals surface area contributed by atoms with E-state index in [-0.39, 0.29) is 24.7 Å². The second-order valence-electron chi connectivity index (χ2n) is 7.32. The minimum absolute atomic E-state index is 0.0664. The van der Waals surface area contributed by atoms with Crippen LogP contribution >= 0.6 is 0 Å². The lowest BCUT2D eigenvalue weighted by molar-refractivity contribution is 0.140. The largest absolute Gasteiger partial charge is 0.395 e. The van der Waals surface area contributed by atoms with Crippen molar-refractivity contribution < 1.29 is 14.7 Å². The van der Waals surface area contributed by atoms with Gasteiger partial charge >= 0.3 is 12.1 Å². The summed E-state index contributed by atoms with van der Waals surface area (Å²) in [6.07, 6.45) is 3.73. The average molecular weight is 374 g/mol. The Morgan fingerprint density at radius 1 is 1.04 bits per heavy atom. The lowest BCUT2D eigenvalue weighted by atomic mass is 10.1. The van der Waals surface area contributed by atoms with E-state index in [1.807, 2.05) is 40.1 Å². The number of hydrogen-bond acceptors (Lipinski definition) is 3. The van der Waals surface area contributed by atoms with E-state index in [2.05, 4.69) is 5.32 Å². The number of rotatable bonds is 5. The number of hydrogen-bond donors (Lipinski definition) is 2. The first kappa shape index (κ1) is 19.5. The van der Waals surface area contributed by atoms with E-state index in [0.29, 0.717) is 26.2 Å². The fraction of sp³-hybridized carbons (Fsp3) is 0.600. The topological polar surface area (TPSA) is 76.1 Å². The molecule has 0 unspecified atom stereocenters. The number of carbonyl (C=O) groups excluding carboxylic acids is 2. The molecule has 4 amide bonds. The molecule has 0 aromatic heterocycles. The van der Waals surface area contributed by atoms with Crippen molar-refractivity contribution in [3.05, 3.63) is 35.9 Å². The molecule has 2 aliphatic rings. The van der Waals surface area contributed by atoms with Gasteiger partial charge in [0.05, 0.1) is 6.61 Å². The minimum atomic E-state index is -0.155. The summed E-state index contributed by atoms with van der Waals surface area (Å²) < 4.78 is 0. The van der Waals surface area contributed by atoms with Crippen LogP contribution in [0.3, 0.4) is 0 Å². The second kappa shape index (κ2) is 9.60. The SMILES string of the molecule is O=C(NC1CCN(C(=O)N2CCCC2)CC1)N(CCO)Cc1ccccc1. The smallest absolute Gasteiger partial charge is 0.319 e. The van der Waals surface area contributed by atoms with Crippen molar-refractivity contribution in [1.82, 2.24) is 20.0 Å². The number of carbonyl (C=O) groups is 2. The summed E-state index contributed by atoms with van der Waals surface area (Å²) in [6, 6.07) is 9.82. The molecule has 148 valence electrons. The van der Waals surface area contributed by atoms with Gasteiger partial charge in [-0.3, -0.25) is 0 Å². The molecule has 7 heteroatoms. The Balaban J connectivity index is 1.47. The van der Waals surface area contributed by atoms with Gasteiger partial charge in [0.15, 0.2) is 0 Å². The summed E-state index contributed by atoms with van der Waals surface area (Å²) >= 11 is 0. The number of benzene rings is 1. The molecule has 0 aliphatic carbocycles. The lowest BCUT2D eigenvalue weighted by Crippen LogP contribution is -2.52. The molecule has 0 bridgehead atoms. The summed E-state index contributed by atoms with van der Waals surface area (Å²) in [7, 11) is 0. The van der Waals surface area contributed by atoms with Gasteiger partial charge in [0.1, 0.15) is 0 Å². The van der Waals surface area contributed by atoms with Crippen LogP contribution in [-0.4, -0.2) is 77.2 Å². The second-order valence-corrected chi connectivity index (χ2v) is 7.32. The van der Waals surface area contributed by atoms with Crippen molar-refractivity contribution in [1.29, 1.82) is 0 Å². The Hall–Kier alpha value is -2.28. The van der Waals surface area contributed by atoms with E-state index < -0.39 is 0 Å². The van der Waals surface area contributed by atoms with E-state index in [1.165, 1.54) is 0 Å². The number of nitrogens with zero attached hydrogens (tertiary/aromatic N) is 3. The maximum Gasteiger partial charge on any atom is 0.319 e. The highest BCUT2D eigenvalue weighted by molar-refractivity contribution is 5.75. The van der Waals surface area contributed by atoms with Crippen LogP contribution in [0.4, 0.5) is 9.59 Å². The lowest BCUT2D eigenvalue weighted by Gasteiger charge is -2.35. The van der Waals surface area contributed by atoms with Gasteiger partial charge in [-0.2, -0.15) is 0 Å². The van der Waals surface area contributed by atoms with E-state index >= 15 is 0 Å². The number of amides is 4. The van der Waals surface area contributed by atoms with E-state index in [0.717, 1.165) is 44.3 Å². The molecule has 2 N–H and O–H groups in total. The van der Waals surface area contributed by atoms with Gasteiger partial charge in [-0.1, -0.05) is 30.3 Å². The minimum Gasteiger partial charge on any atom is -0.395 e. The molecule has 0 atom stereocenters. The normalized spacial score (nSPS) is 17.8. The highest BCUT2D eigenvalue weighted by Crippen LogP contribution is 2.16. The standard InChI is InChI=1S/C20H30N4O3/c25-15-14-24(16-17-6-2-1-3-7-17)19(26)21-18-8-12-23(13-9-18)20(27)22-10-4-5-11-22/h1-3,6-7,18,25H,4-5,8-16H2,(H,21,26). The maximum absolute atomic E-state index is 12.6. The molecular formula is C20H30N4O3. The van der Waals surface area contributed by atoms with Gasteiger partial charge in [0.2, 0.25) is 0 Å². The third kappa shape index (κ3) is 5.35. The fourth-order valence-electron chi connectivity index (χ4n) is 3.77. The quantitative estimate of drug-likeness (QED) is 0.826. The summed E-state index contributed by atoms with van der Waals surface area (Å²) in [4.78, 5) is 30.6. The predicted molar refractivity (Wildman–Crippen MR) is 103 cm³/mol. The van der Waals surface area contributed by atoms with Gasteiger partial charge in [0, 0.05) is 45.3 Å². The first-order valence-corrected chi connectivity index (χ1v) is 9.91. The van der Waals surface area contributed by atoms with Gasteiger partial charge < -0.3 is 25.1 Å². The molecular weight excluding hydrogens is 344 g/mol. The summed E-state index contributed by atoms with van der Waals surface area (Å²) in [5.74, 6) is 0. The Morgan fingerprint density at radius 3 is 2.30 bits per heavy atom. The number of piperidine rings is 1. The van der Waals surface area contributed by atoms with Crippen LogP contribution < -0.4 is 5.32 Å². The zero-order valence-electron chi connectivity index (χ0n) is 15.8. The molecule has 1 aromatic rings. The van der Waals surface area contributed by atoms with Crippen LogP contribution in [0, 0.1) is 0 Å². The van der Waals surface area contributed by atoms with Crippen molar-refractivity contribution in [2.24, 2.45) is 0 Å². The van der Waals surface area contributed by atoms with Crippen molar-refractivity contribution in [2.75, 3.05) is 39.3 Å². The van der Waals surface area contributed by atoms with Crippen LogP contribution in [0.15, 0.2) is 30.3 Å². The molecule has 27 heavy (non-hydrogen) atoms. The fourth-order valence-corrected chi connectivity index (χ4v) is 3.77. The van der Waals surface area contributed by atoms with Crippen LogP contribution in [-0.2, 0) is 6.54 Å². The number of urea groups is 2. The van der Waals surface area contributed by atoms with Crippen molar-refractivity contribution in [2.45, 2.75) is 38.3 Å². The van der Waals surface area contributed by atoms with Crippen LogP contribution in [0.2, 0.25) is 0 Å². The Bertz CT molecular complexity index is 611.